The summed E-state index contributed by atoms with van der Waals surface area (Å²) in [5.41, 5.74) is -6.90. The van der Waals surface area contributed by atoms with Crippen LogP contribution in [0.5, 0.6) is 11.5 Å². The molecule has 5 saturated carbocycles. The zero-order chi connectivity index (χ0) is 53.8. The number of hydrogen-bond acceptors (Lipinski definition) is 12. The second kappa shape index (κ2) is 18.3. The SMILES string of the molecule is CCCCCC1CC2(CC3(C)C4C(CC3(O)C3=CC(=O)C5C6c7cc(O)cc(O)c7CCC6(O)C(OCCCO)CC5(C)C32)OC2(C3CCC(C)(C=C3CNCC)C(C)C2O)C4(O)CCO)C2C=c3ccccc3=CC12. The van der Waals surface area contributed by atoms with Gasteiger partial charge in [0.25, 0.3) is 0 Å². The summed E-state index contributed by atoms with van der Waals surface area (Å²) >= 11 is 0. The molecular formula is C64H87NO11. The van der Waals surface area contributed by atoms with Gasteiger partial charge in [-0.05, 0) is 149 Å². The molecule has 0 amide bonds. The van der Waals surface area contributed by atoms with Crippen molar-refractivity contribution < 1.29 is 55.1 Å². The molecule has 10 aliphatic carbocycles. The molecule has 76 heavy (non-hydrogen) atoms. The second-order valence-electron chi connectivity index (χ2n) is 27.1. The third kappa shape index (κ3) is 6.89. The number of carbonyl (C=O) groups excluding carboxylic acids is 1. The third-order valence-corrected chi connectivity index (χ3v) is 23.8. The predicted octanol–water partition coefficient (Wildman–Crippen LogP) is 6.25. The van der Waals surface area contributed by atoms with Gasteiger partial charge in [0.2, 0.25) is 0 Å². The summed E-state index contributed by atoms with van der Waals surface area (Å²) in [6.07, 6.45) is 14.5. The number of aliphatic hydroxyl groups is 6. The molecular weight excluding hydrogens is 959 g/mol. The van der Waals surface area contributed by atoms with Gasteiger partial charge in [0, 0.05) is 74.4 Å². The number of hydrogen-bond donors (Lipinski definition) is 9. The molecule has 20 unspecified atom stereocenters. The Morgan fingerprint density at radius 2 is 1.67 bits per heavy atom. The van der Waals surface area contributed by atoms with E-state index in [1.54, 1.807) is 12.1 Å². The number of ether oxygens (including phenoxy) is 2. The number of fused-ring (bicyclic) bond motifs is 17. The topological polar surface area (TPSA) is 209 Å². The smallest absolute Gasteiger partial charge is 0.160 e. The molecule has 12 nitrogen and oxygen atoms in total. The maximum Gasteiger partial charge on any atom is 0.160 e. The zero-order valence-corrected chi connectivity index (χ0v) is 45.9. The van der Waals surface area contributed by atoms with Crippen molar-refractivity contribution in [3.8, 4) is 11.5 Å². The molecule has 1 heterocycles. The van der Waals surface area contributed by atoms with E-state index in [0.717, 1.165) is 55.9 Å². The minimum atomic E-state index is -1.82. The van der Waals surface area contributed by atoms with Crippen molar-refractivity contribution in [2.45, 2.75) is 178 Å². The van der Waals surface area contributed by atoms with E-state index in [-0.39, 0.29) is 97.8 Å². The van der Waals surface area contributed by atoms with Gasteiger partial charge in [-0.25, -0.2) is 0 Å². The van der Waals surface area contributed by atoms with Crippen molar-refractivity contribution in [2.75, 3.05) is 32.9 Å². The van der Waals surface area contributed by atoms with Crippen LogP contribution >= 0.6 is 0 Å². The van der Waals surface area contributed by atoms with Gasteiger partial charge in [0.05, 0.1) is 29.5 Å². The lowest BCUT2D eigenvalue weighted by molar-refractivity contribution is -0.257. The Morgan fingerprint density at radius 3 is 2.39 bits per heavy atom. The van der Waals surface area contributed by atoms with Crippen LogP contribution in [0.25, 0.3) is 12.2 Å². The van der Waals surface area contributed by atoms with Gasteiger partial charge < -0.3 is 55.6 Å². The summed E-state index contributed by atoms with van der Waals surface area (Å²) in [5, 5.41) is 106. The van der Waals surface area contributed by atoms with E-state index < -0.39 is 80.6 Å². The minimum Gasteiger partial charge on any atom is -0.508 e. The van der Waals surface area contributed by atoms with E-state index in [4.69, 9.17) is 9.47 Å². The molecule has 6 fully saturated rings. The minimum absolute atomic E-state index is 0.0648. The maximum atomic E-state index is 16.2. The first-order chi connectivity index (χ1) is 36.2. The first-order valence-corrected chi connectivity index (χ1v) is 29.6. The van der Waals surface area contributed by atoms with Crippen molar-refractivity contribution in [1.82, 2.24) is 5.32 Å². The number of nitrogens with one attached hydrogen (secondary N) is 1. The van der Waals surface area contributed by atoms with Crippen molar-refractivity contribution >= 4 is 17.9 Å². The molecule has 2 bridgehead atoms. The van der Waals surface area contributed by atoms with E-state index in [9.17, 15) is 40.9 Å². The van der Waals surface area contributed by atoms with Crippen LogP contribution in [0.4, 0.5) is 0 Å². The fraction of sp³-hybridized carbons (Fsp3) is 0.703. The van der Waals surface area contributed by atoms with Crippen LogP contribution in [-0.4, -0.2) is 120 Å². The standard InChI is InChI=1S/C64H87NO11/c1-7-9-10-16-39-31-60(46-26-38-15-12-11-14-37(38)25-43(39)46)35-59(6)55-50(76-64(62(55,73)21-23-67)45-18-19-57(4,36(3)56(64)71)30-40(45)34-65-8-2)32-63(59,74)47-29-49(70)53-52-44-27-41(68)28-48(69)42(44)17-20-61(52,72)51(75-24-13-22-66)33-58(53,5)54(47)60/h11-12,14-15,25-30,36,39,43,45-46,50-56,65-69,71-74H,7-10,13,16-24,31-35H2,1-6H3. The first-order valence-electron chi connectivity index (χ1n) is 29.6. The van der Waals surface area contributed by atoms with Crippen molar-refractivity contribution in [2.24, 2.45) is 69.0 Å². The number of benzene rings is 2. The Bertz CT molecular complexity index is 2850. The van der Waals surface area contributed by atoms with Gasteiger partial charge in [-0.3, -0.25) is 4.79 Å². The lowest BCUT2D eigenvalue weighted by Gasteiger charge is -2.70. The molecule has 1 aliphatic heterocycles. The number of ketones is 1. The Balaban J connectivity index is 1.11. The molecule has 20 atom stereocenters. The maximum absolute atomic E-state index is 16.2. The summed E-state index contributed by atoms with van der Waals surface area (Å²) < 4.78 is 14.6. The lowest BCUT2D eigenvalue weighted by atomic mass is 9.35. The Labute approximate surface area is 449 Å². The molecule has 2 aromatic carbocycles. The normalized spacial score (nSPS) is 47.0. The summed E-state index contributed by atoms with van der Waals surface area (Å²) in [7, 11) is 0. The number of aliphatic hydroxyl groups excluding tert-OH is 3. The van der Waals surface area contributed by atoms with Crippen LogP contribution in [0, 0.1) is 69.0 Å². The quantitative estimate of drug-likeness (QED) is 0.0807. The summed E-state index contributed by atoms with van der Waals surface area (Å²) in [5.74, 6) is -3.83. The van der Waals surface area contributed by atoms with Crippen molar-refractivity contribution in [3.63, 3.8) is 0 Å². The fourth-order valence-corrected chi connectivity index (χ4v) is 20.8. The van der Waals surface area contributed by atoms with Crippen molar-refractivity contribution in [1.29, 1.82) is 0 Å². The van der Waals surface area contributed by atoms with Crippen LogP contribution in [0.3, 0.4) is 0 Å². The van der Waals surface area contributed by atoms with E-state index in [1.165, 1.54) is 11.3 Å². The number of carbonyl (C=O) groups is 1. The Kier molecular flexibility index (Phi) is 12.8. The highest BCUT2D eigenvalue weighted by molar-refractivity contribution is 5.96. The van der Waals surface area contributed by atoms with E-state index >= 15 is 4.79 Å². The van der Waals surface area contributed by atoms with Gasteiger partial charge in [-0.1, -0.05) is 109 Å². The number of unbranched alkanes of at least 4 members (excludes halogenated alkanes) is 2. The van der Waals surface area contributed by atoms with Crippen LogP contribution in [0.15, 0.2) is 59.7 Å². The molecule has 2 aromatic rings. The number of phenols is 2. The van der Waals surface area contributed by atoms with Gasteiger partial charge >= 0.3 is 0 Å². The molecule has 13 rings (SSSR count). The van der Waals surface area contributed by atoms with Gasteiger partial charge in [-0.15, -0.1) is 0 Å². The number of likely N-dealkylation sites (N-methyl/N-ethyl adjacent to an activating group) is 1. The van der Waals surface area contributed by atoms with Crippen molar-refractivity contribution in [3.05, 3.63) is 81.3 Å². The Morgan fingerprint density at radius 1 is 0.908 bits per heavy atom. The molecule has 414 valence electrons. The molecule has 1 saturated heterocycles. The number of rotatable bonds is 13. The third-order valence-electron chi connectivity index (χ3n) is 23.8. The molecule has 0 radical (unpaired) electrons. The van der Waals surface area contributed by atoms with Crippen LogP contribution in [0.1, 0.15) is 142 Å². The Hall–Kier alpha value is -3.43. The van der Waals surface area contributed by atoms with E-state index in [0.29, 0.717) is 48.9 Å². The van der Waals surface area contributed by atoms with Gasteiger partial charge in [0.15, 0.2) is 5.78 Å². The monoisotopic (exact) mass is 1050 g/mol. The molecule has 12 heteroatoms. The summed E-state index contributed by atoms with van der Waals surface area (Å²) in [4.78, 5) is 16.2. The number of aromatic hydroxyl groups is 2. The molecule has 2 spiro atoms. The predicted molar refractivity (Wildman–Crippen MR) is 289 cm³/mol. The van der Waals surface area contributed by atoms with Crippen LogP contribution in [0.2, 0.25) is 0 Å². The van der Waals surface area contributed by atoms with Crippen LogP contribution < -0.4 is 15.8 Å². The van der Waals surface area contributed by atoms with E-state index in [2.05, 4.69) is 89.4 Å². The molecule has 0 aromatic heterocycles. The lowest BCUT2D eigenvalue weighted by Crippen LogP contribution is -2.73. The molecule has 11 aliphatic rings. The number of allylic oxidation sites excluding steroid dienone is 2. The highest BCUT2D eigenvalue weighted by atomic mass is 16.6. The largest absolute Gasteiger partial charge is 0.508 e. The average molecular weight is 1050 g/mol. The van der Waals surface area contributed by atoms with Gasteiger partial charge in [0.1, 0.15) is 22.7 Å². The second-order valence-corrected chi connectivity index (χ2v) is 27.1. The average Bonchev–Trinajstić information content (AvgIpc) is 4.04. The van der Waals surface area contributed by atoms with Crippen LogP contribution in [-0.2, 0) is 20.7 Å². The highest BCUT2D eigenvalue weighted by Crippen LogP contribution is 2.82. The number of phenolic OH excluding ortho intramolecular Hbond substituents is 2. The molecule has 9 N–H and O–H groups in total. The van der Waals surface area contributed by atoms with E-state index in [1.807, 2.05) is 0 Å². The van der Waals surface area contributed by atoms with Gasteiger partial charge in [-0.2, -0.15) is 0 Å². The zero-order valence-electron chi connectivity index (χ0n) is 45.9. The summed E-state index contributed by atoms with van der Waals surface area (Å²) in [6.45, 7) is 14.0. The highest BCUT2D eigenvalue weighted by Gasteiger charge is 2.85. The fourth-order valence-electron chi connectivity index (χ4n) is 20.8. The first kappa shape index (κ1) is 53.2. The summed E-state index contributed by atoms with van der Waals surface area (Å²) in [6, 6.07) is 11.5.